The molecule has 0 heterocycles. The van der Waals surface area contributed by atoms with Crippen LogP contribution in [0.25, 0.3) is 0 Å². The number of ether oxygens (including phenoxy) is 1. The third kappa shape index (κ3) is 7.50. The summed E-state index contributed by atoms with van der Waals surface area (Å²) in [6.45, 7) is 3.36. The predicted octanol–water partition coefficient (Wildman–Crippen LogP) is 0.0714. The van der Waals surface area contributed by atoms with Crippen molar-refractivity contribution in [3.05, 3.63) is 0 Å². The van der Waals surface area contributed by atoms with Crippen LogP contribution < -0.4 is 0 Å². The quantitative estimate of drug-likeness (QED) is 0.582. The Morgan fingerprint density at radius 1 is 1.33 bits per heavy atom. The molecule has 4 nitrogen and oxygen atoms in total. The fraction of sp³-hybridized carbons (Fsp3) is 0.875. The third-order valence-corrected chi connectivity index (χ3v) is 1.26. The minimum atomic E-state index is -0.663. The van der Waals surface area contributed by atoms with Gasteiger partial charge in [0.25, 0.3) is 0 Å². The van der Waals surface area contributed by atoms with Gasteiger partial charge < -0.3 is 14.9 Å². The number of esters is 1. The van der Waals surface area contributed by atoms with E-state index in [0.29, 0.717) is 6.42 Å². The van der Waals surface area contributed by atoms with Crippen LogP contribution in [0.1, 0.15) is 26.7 Å². The molecule has 0 aromatic carbocycles. The van der Waals surface area contributed by atoms with E-state index in [1.807, 2.05) is 0 Å². The van der Waals surface area contributed by atoms with Gasteiger partial charge in [-0.3, -0.25) is 4.79 Å². The molecule has 0 radical (unpaired) electrons. The van der Waals surface area contributed by atoms with Gasteiger partial charge in [0.15, 0.2) is 0 Å². The van der Waals surface area contributed by atoms with E-state index in [-0.39, 0.29) is 13.0 Å². The molecule has 0 aliphatic rings. The van der Waals surface area contributed by atoms with E-state index in [1.54, 1.807) is 6.92 Å². The van der Waals surface area contributed by atoms with Gasteiger partial charge in [-0.25, -0.2) is 0 Å². The molecule has 0 fully saturated rings. The molecule has 0 aromatic heterocycles. The highest BCUT2D eigenvalue weighted by molar-refractivity contribution is 5.69. The molecule has 0 bridgehead atoms. The normalized spacial score (nSPS) is 15.3. The van der Waals surface area contributed by atoms with Gasteiger partial charge in [-0.1, -0.05) is 0 Å². The third-order valence-electron chi connectivity index (χ3n) is 1.26. The Labute approximate surface area is 72.2 Å². The zero-order valence-electron chi connectivity index (χ0n) is 7.49. The number of rotatable bonds is 5. The van der Waals surface area contributed by atoms with Crippen LogP contribution >= 0.6 is 0 Å². The van der Waals surface area contributed by atoms with Gasteiger partial charge >= 0.3 is 5.97 Å². The summed E-state index contributed by atoms with van der Waals surface area (Å²) in [7, 11) is 0. The maximum absolute atomic E-state index is 10.8. The SMILES string of the molecule is CC(O)CC(=O)OCC[C@H](C)O. The van der Waals surface area contributed by atoms with Gasteiger partial charge in [-0.05, 0) is 13.8 Å². The van der Waals surface area contributed by atoms with Gasteiger partial charge in [0, 0.05) is 6.42 Å². The minimum absolute atomic E-state index is 0.0137. The van der Waals surface area contributed by atoms with Crippen LogP contribution in [-0.2, 0) is 9.53 Å². The van der Waals surface area contributed by atoms with Crippen LogP contribution in [-0.4, -0.2) is 35.0 Å². The van der Waals surface area contributed by atoms with Crippen LogP contribution in [0.5, 0.6) is 0 Å². The molecule has 4 heteroatoms. The van der Waals surface area contributed by atoms with E-state index in [2.05, 4.69) is 0 Å². The van der Waals surface area contributed by atoms with Gasteiger partial charge in [0.1, 0.15) is 0 Å². The number of hydrogen-bond donors (Lipinski definition) is 2. The van der Waals surface area contributed by atoms with Crippen molar-refractivity contribution in [1.29, 1.82) is 0 Å². The van der Waals surface area contributed by atoms with E-state index in [1.165, 1.54) is 6.92 Å². The van der Waals surface area contributed by atoms with E-state index < -0.39 is 18.2 Å². The molecular formula is C8H16O4. The molecular weight excluding hydrogens is 160 g/mol. The Balaban J connectivity index is 3.32. The van der Waals surface area contributed by atoms with Crippen molar-refractivity contribution in [2.24, 2.45) is 0 Å². The van der Waals surface area contributed by atoms with Crippen LogP contribution in [0.4, 0.5) is 0 Å². The fourth-order valence-corrected chi connectivity index (χ4v) is 0.643. The Hall–Kier alpha value is -0.610. The first-order valence-corrected chi connectivity index (χ1v) is 4.04. The summed E-state index contributed by atoms with van der Waals surface area (Å²) in [4.78, 5) is 10.8. The molecule has 0 aromatic rings. The van der Waals surface area contributed by atoms with Gasteiger partial charge in [0.05, 0.1) is 25.2 Å². The molecule has 12 heavy (non-hydrogen) atoms. The molecule has 2 N–H and O–H groups in total. The maximum atomic E-state index is 10.8. The summed E-state index contributed by atoms with van der Waals surface area (Å²) in [5.41, 5.74) is 0. The Bertz CT molecular complexity index is 131. The van der Waals surface area contributed by atoms with Crippen molar-refractivity contribution in [1.82, 2.24) is 0 Å². The molecule has 0 aliphatic carbocycles. The molecule has 72 valence electrons. The predicted molar refractivity (Wildman–Crippen MR) is 43.6 cm³/mol. The van der Waals surface area contributed by atoms with Crippen molar-refractivity contribution in [2.45, 2.75) is 38.9 Å². The maximum Gasteiger partial charge on any atom is 0.308 e. The second kappa shape index (κ2) is 5.97. The van der Waals surface area contributed by atoms with E-state index in [0.717, 1.165) is 0 Å². The fourth-order valence-electron chi connectivity index (χ4n) is 0.643. The zero-order valence-corrected chi connectivity index (χ0v) is 7.49. The van der Waals surface area contributed by atoms with Gasteiger partial charge in [-0.15, -0.1) is 0 Å². The van der Waals surface area contributed by atoms with Crippen LogP contribution in [0.2, 0.25) is 0 Å². The Morgan fingerprint density at radius 2 is 1.92 bits per heavy atom. The molecule has 0 spiro atoms. The molecule has 1 unspecified atom stereocenters. The van der Waals surface area contributed by atoms with E-state index in [4.69, 9.17) is 14.9 Å². The first-order chi connectivity index (χ1) is 5.52. The summed E-state index contributed by atoms with van der Waals surface area (Å²) >= 11 is 0. The standard InChI is InChI=1S/C8H16O4/c1-6(9)3-4-12-8(11)5-7(2)10/h6-7,9-10H,3-5H2,1-2H3/t6-,7?/m0/s1. The molecule has 0 saturated carbocycles. The van der Waals surface area contributed by atoms with Gasteiger partial charge in [0.2, 0.25) is 0 Å². The lowest BCUT2D eigenvalue weighted by Crippen LogP contribution is -2.15. The lowest BCUT2D eigenvalue weighted by Gasteiger charge is -2.06. The number of carbonyl (C=O) groups excluding carboxylic acids is 1. The molecule has 2 atom stereocenters. The zero-order chi connectivity index (χ0) is 9.56. The van der Waals surface area contributed by atoms with Crippen LogP contribution in [0, 0.1) is 0 Å². The molecule has 0 saturated heterocycles. The first kappa shape index (κ1) is 11.4. The lowest BCUT2D eigenvalue weighted by atomic mass is 10.3. The number of aliphatic hydroxyl groups is 2. The summed E-state index contributed by atoms with van der Waals surface area (Å²) in [6.07, 6.45) is -0.667. The second-order valence-electron chi connectivity index (χ2n) is 2.91. The van der Waals surface area contributed by atoms with Crippen molar-refractivity contribution in [3.8, 4) is 0 Å². The highest BCUT2D eigenvalue weighted by Crippen LogP contribution is 1.95. The average Bonchev–Trinajstić information content (AvgIpc) is 1.84. The topological polar surface area (TPSA) is 66.8 Å². The number of aliphatic hydroxyl groups excluding tert-OH is 2. The molecule has 0 rings (SSSR count). The second-order valence-corrected chi connectivity index (χ2v) is 2.91. The summed E-state index contributed by atoms with van der Waals surface area (Å²) < 4.78 is 4.70. The smallest absolute Gasteiger partial charge is 0.308 e. The summed E-state index contributed by atoms with van der Waals surface area (Å²) in [5, 5.41) is 17.6. The first-order valence-electron chi connectivity index (χ1n) is 4.04. The van der Waals surface area contributed by atoms with Crippen molar-refractivity contribution < 1.29 is 19.7 Å². The molecule has 0 aliphatic heterocycles. The highest BCUT2D eigenvalue weighted by atomic mass is 16.5. The average molecular weight is 176 g/mol. The van der Waals surface area contributed by atoms with Crippen molar-refractivity contribution in [3.63, 3.8) is 0 Å². The van der Waals surface area contributed by atoms with Crippen molar-refractivity contribution >= 4 is 5.97 Å². The Kier molecular flexibility index (Phi) is 5.66. The lowest BCUT2D eigenvalue weighted by molar-refractivity contribution is -0.146. The van der Waals surface area contributed by atoms with E-state index in [9.17, 15) is 4.79 Å². The largest absolute Gasteiger partial charge is 0.466 e. The van der Waals surface area contributed by atoms with Crippen LogP contribution in [0.15, 0.2) is 0 Å². The minimum Gasteiger partial charge on any atom is -0.466 e. The van der Waals surface area contributed by atoms with Crippen LogP contribution in [0.3, 0.4) is 0 Å². The Morgan fingerprint density at radius 3 is 2.33 bits per heavy atom. The molecule has 0 amide bonds. The number of hydrogen-bond acceptors (Lipinski definition) is 4. The van der Waals surface area contributed by atoms with E-state index >= 15 is 0 Å². The highest BCUT2D eigenvalue weighted by Gasteiger charge is 2.07. The number of carbonyl (C=O) groups is 1. The summed E-state index contributed by atoms with van der Waals surface area (Å²) in [6, 6.07) is 0. The van der Waals surface area contributed by atoms with Gasteiger partial charge in [-0.2, -0.15) is 0 Å². The van der Waals surface area contributed by atoms with Crippen molar-refractivity contribution in [2.75, 3.05) is 6.61 Å². The summed E-state index contributed by atoms with van der Waals surface area (Å²) in [5.74, 6) is -0.425. The monoisotopic (exact) mass is 176 g/mol.